The molecule has 3 aromatic carbocycles. The summed E-state index contributed by atoms with van der Waals surface area (Å²) in [6.07, 6.45) is 0. The van der Waals surface area contributed by atoms with E-state index in [-0.39, 0.29) is 5.69 Å². The van der Waals surface area contributed by atoms with Crippen molar-refractivity contribution in [2.75, 3.05) is 7.11 Å². The second kappa shape index (κ2) is 8.70. The Balaban J connectivity index is 1.67. The van der Waals surface area contributed by atoms with Crippen molar-refractivity contribution in [1.29, 1.82) is 0 Å². The first-order valence-corrected chi connectivity index (χ1v) is 10.4. The van der Waals surface area contributed by atoms with Gasteiger partial charge in [-0.25, -0.2) is 4.79 Å². The number of aromatic nitrogens is 4. The van der Waals surface area contributed by atoms with Gasteiger partial charge in [-0.05, 0) is 71.7 Å². The molecule has 164 valence electrons. The summed E-state index contributed by atoms with van der Waals surface area (Å²) in [5.41, 5.74) is 6.61. The molecule has 4 rings (SSSR count). The van der Waals surface area contributed by atoms with Crippen LogP contribution in [-0.4, -0.2) is 26.9 Å². The summed E-state index contributed by atoms with van der Waals surface area (Å²) in [5, 5.41) is 7.81. The Kier molecular flexibility index (Phi) is 5.81. The molecule has 4 aromatic rings. The van der Waals surface area contributed by atoms with Crippen LogP contribution in [0, 0.1) is 20.8 Å². The molecule has 0 aliphatic carbocycles. The van der Waals surface area contributed by atoms with Gasteiger partial charge in [-0.2, -0.15) is 9.36 Å². The third-order valence-electron chi connectivity index (χ3n) is 5.84. The molecule has 7 heteroatoms. The lowest BCUT2D eigenvalue weighted by molar-refractivity contribution is 0.302. The van der Waals surface area contributed by atoms with E-state index in [1.807, 2.05) is 49.4 Å². The summed E-state index contributed by atoms with van der Waals surface area (Å²) in [6, 6.07) is 17.8. The maximum Gasteiger partial charge on any atom is 0.368 e. The second-order valence-electron chi connectivity index (χ2n) is 7.72. The Morgan fingerprint density at radius 1 is 0.844 bits per heavy atom. The fourth-order valence-electron chi connectivity index (χ4n) is 3.80. The Bertz CT molecular complexity index is 1340. The lowest BCUT2D eigenvalue weighted by Gasteiger charge is -2.18. The number of methoxy groups -OCH3 is 1. The van der Waals surface area contributed by atoms with Crippen LogP contribution in [0.4, 0.5) is 0 Å². The van der Waals surface area contributed by atoms with Gasteiger partial charge in [0.05, 0.1) is 12.8 Å². The Morgan fingerprint density at radius 2 is 1.62 bits per heavy atom. The van der Waals surface area contributed by atoms with Crippen LogP contribution in [-0.2, 0) is 13.7 Å². The number of rotatable bonds is 6. The lowest BCUT2D eigenvalue weighted by atomic mass is 9.95. The Labute approximate surface area is 186 Å². The number of benzene rings is 3. The number of para-hydroxylation sites is 1. The van der Waals surface area contributed by atoms with Gasteiger partial charge in [0.25, 0.3) is 0 Å². The van der Waals surface area contributed by atoms with Gasteiger partial charge < -0.3 is 9.47 Å². The maximum atomic E-state index is 12.4. The first kappa shape index (κ1) is 21.4. The monoisotopic (exact) mass is 430 g/mol. The summed E-state index contributed by atoms with van der Waals surface area (Å²) in [4.78, 5) is 12.4. The number of hydrogen-bond acceptors (Lipinski definition) is 5. The third-order valence-corrected chi connectivity index (χ3v) is 5.84. The molecule has 0 atom stereocenters. The highest BCUT2D eigenvalue weighted by Crippen LogP contribution is 2.36. The molecule has 0 aliphatic rings. The SMILES string of the molecule is COc1ccccc1-c1ccc(OCc2c(C)cccc2-n2nnn(C)c2=O)c(C)c1C. The first-order valence-electron chi connectivity index (χ1n) is 10.4. The molecule has 0 radical (unpaired) electrons. The van der Waals surface area contributed by atoms with Crippen molar-refractivity contribution >= 4 is 0 Å². The molecule has 0 spiro atoms. The van der Waals surface area contributed by atoms with Gasteiger partial charge in [0.15, 0.2) is 0 Å². The lowest BCUT2D eigenvalue weighted by Crippen LogP contribution is -2.23. The highest BCUT2D eigenvalue weighted by molar-refractivity contribution is 5.75. The topological polar surface area (TPSA) is 71.2 Å². The van der Waals surface area contributed by atoms with E-state index in [9.17, 15) is 4.79 Å². The highest BCUT2D eigenvalue weighted by atomic mass is 16.5. The molecule has 0 fully saturated rings. The second-order valence-corrected chi connectivity index (χ2v) is 7.72. The number of nitrogens with zero attached hydrogens (tertiary/aromatic N) is 4. The van der Waals surface area contributed by atoms with Crippen LogP contribution in [0.3, 0.4) is 0 Å². The van der Waals surface area contributed by atoms with Crippen molar-refractivity contribution in [3.63, 3.8) is 0 Å². The van der Waals surface area contributed by atoms with Crippen LogP contribution in [0.1, 0.15) is 22.3 Å². The van der Waals surface area contributed by atoms with Crippen molar-refractivity contribution in [2.45, 2.75) is 27.4 Å². The predicted molar refractivity (Wildman–Crippen MR) is 124 cm³/mol. The van der Waals surface area contributed by atoms with Crippen LogP contribution >= 0.6 is 0 Å². The fraction of sp³-hybridized carbons (Fsp3) is 0.240. The molecule has 32 heavy (non-hydrogen) atoms. The van der Waals surface area contributed by atoms with Crippen molar-refractivity contribution < 1.29 is 9.47 Å². The minimum absolute atomic E-state index is 0.301. The number of aryl methyl sites for hydroxylation is 2. The Hall–Kier alpha value is -3.87. The van der Waals surface area contributed by atoms with Crippen LogP contribution < -0.4 is 15.2 Å². The van der Waals surface area contributed by atoms with Crippen LogP contribution in [0.5, 0.6) is 11.5 Å². The third kappa shape index (κ3) is 3.77. The number of tetrazole rings is 1. The van der Waals surface area contributed by atoms with Crippen LogP contribution in [0.2, 0.25) is 0 Å². The van der Waals surface area contributed by atoms with E-state index in [1.165, 1.54) is 9.36 Å². The average Bonchev–Trinajstić information content (AvgIpc) is 3.13. The molecular formula is C25H26N4O3. The molecule has 0 unspecified atom stereocenters. The minimum Gasteiger partial charge on any atom is -0.496 e. The van der Waals surface area contributed by atoms with Gasteiger partial charge in [-0.3, -0.25) is 0 Å². The molecule has 0 bridgehead atoms. The summed E-state index contributed by atoms with van der Waals surface area (Å²) in [5.74, 6) is 1.63. The standard InChI is InChI=1S/C25H26N4O3/c1-16-9-8-11-22(29-25(30)28(4)26-27-29)21(16)15-32-23-14-13-19(17(2)18(23)3)20-10-6-7-12-24(20)31-5/h6-14H,15H2,1-5H3. The number of ether oxygens (including phenoxy) is 2. The molecule has 0 amide bonds. The van der Waals surface area contributed by atoms with Gasteiger partial charge in [-0.15, -0.1) is 0 Å². The van der Waals surface area contributed by atoms with E-state index in [0.29, 0.717) is 12.3 Å². The molecule has 0 N–H and O–H groups in total. The maximum absolute atomic E-state index is 12.4. The molecule has 0 saturated carbocycles. The summed E-state index contributed by atoms with van der Waals surface area (Å²) < 4.78 is 14.3. The van der Waals surface area contributed by atoms with Gasteiger partial charge in [0.1, 0.15) is 18.1 Å². The summed E-state index contributed by atoms with van der Waals surface area (Å²) in [6.45, 7) is 6.43. The van der Waals surface area contributed by atoms with E-state index in [0.717, 1.165) is 44.9 Å². The van der Waals surface area contributed by atoms with E-state index >= 15 is 0 Å². The smallest absolute Gasteiger partial charge is 0.368 e. The predicted octanol–water partition coefficient (Wildman–Crippen LogP) is 4.15. The van der Waals surface area contributed by atoms with E-state index in [2.05, 4.69) is 36.4 Å². The normalized spacial score (nSPS) is 10.9. The quantitative estimate of drug-likeness (QED) is 0.460. The Morgan fingerprint density at radius 3 is 2.34 bits per heavy atom. The zero-order valence-electron chi connectivity index (χ0n) is 18.9. The average molecular weight is 431 g/mol. The summed E-state index contributed by atoms with van der Waals surface area (Å²) >= 11 is 0. The molecule has 0 aliphatic heterocycles. The zero-order chi connectivity index (χ0) is 22.8. The van der Waals surface area contributed by atoms with E-state index < -0.39 is 0 Å². The van der Waals surface area contributed by atoms with Gasteiger partial charge in [0, 0.05) is 18.2 Å². The minimum atomic E-state index is -0.301. The van der Waals surface area contributed by atoms with Crippen LogP contribution in [0.25, 0.3) is 16.8 Å². The van der Waals surface area contributed by atoms with Crippen molar-refractivity contribution in [3.05, 3.63) is 87.3 Å². The van der Waals surface area contributed by atoms with Gasteiger partial charge in [0.2, 0.25) is 0 Å². The van der Waals surface area contributed by atoms with Gasteiger partial charge >= 0.3 is 5.69 Å². The van der Waals surface area contributed by atoms with Gasteiger partial charge in [-0.1, -0.05) is 36.4 Å². The fourth-order valence-corrected chi connectivity index (χ4v) is 3.80. The van der Waals surface area contributed by atoms with Crippen LogP contribution in [0.15, 0.2) is 59.4 Å². The highest BCUT2D eigenvalue weighted by Gasteiger charge is 2.16. The molecule has 7 nitrogen and oxygen atoms in total. The van der Waals surface area contributed by atoms with Crippen molar-refractivity contribution in [3.8, 4) is 28.3 Å². The van der Waals surface area contributed by atoms with Crippen molar-refractivity contribution in [1.82, 2.24) is 19.8 Å². The largest absolute Gasteiger partial charge is 0.496 e. The molecule has 1 aromatic heterocycles. The molecule has 0 saturated heterocycles. The zero-order valence-corrected chi connectivity index (χ0v) is 18.9. The summed E-state index contributed by atoms with van der Waals surface area (Å²) in [7, 11) is 3.26. The first-order chi connectivity index (χ1) is 15.4. The molecular weight excluding hydrogens is 404 g/mol. The van der Waals surface area contributed by atoms with E-state index in [1.54, 1.807) is 14.2 Å². The molecule has 1 heterocycles. The van der Waals surface area contributed by atoms with Crippen molar-refractivity contribution in [2.24, 2.45) is 7.05 Å². The number of hydrogen-bond donors (Lipinski definition) is 0. The van der Waals surface area contributed by atoms with E-state index in [4.69, 9.17) is 9.47 Å².